The topological polar surface area (TPSA) is 75.2 Å². The molecule has 160 valence electrons. The Morgan fingerprint density at radius 2 is 1.86 bits per heavy atom. The zero-order valence-electron chi connectivity index (χ0n) is 16.4. The largest absolute Gasteiger partial charge is 0.418 e. The fourth-order valence-electron chi connectivity index (χ4n) is 4.06. The number of hydrogen-bond acceptors (Lipinski definition) is 5. The molecule has 10 heteroatoms. The molecule has 1 N–H and O–H groups in total. The number of benzene rings is 1. The van der Waals surface area contributed by atoms with E-state index in [-0.39, 0.29) is 11.0 Å². The standard InChI is InChI=1S/C19H25F3N4O2S/c1-13-10-14(4-3-7-25-29(2,27)28)12-26(11-13)16-6-5-15(19(20,21)22)17-18(16)24-9-8-23-17/h5-6,8-9,13-14,25H,3-4,7,10-12H2,1-2H3/t13-,14+/m0/s1. The summed E-state index contributed by atoms with van der Waals surface area (Å²) in [6.45, 7) is 3.93. The predicted octanol–water partition coefficient (Wildman–Crippen LogP) is 3.44. The van der Waals surface area contributed by atoms with Crippen molar-refractivity contribution in [1.82, 2.24) is 14.7 Å². The van der Waals surface area contributed by atoms with E-state index < -0.39 is 21.8 Å². The summed E-state index contributed by atoms with van der Waals surface area (Å²) in [5.74, 6) is 0.694. The number of alkyl halides is 3. The Balaban J connectivity index is 1.80. The van der Waals surface area contributed by atoms with Crippen molar-refractivity contribution in [2.45, 2.75) is 32.4 Å². The highest BCUT2D eigenvalue weighted by Gasteiger charge is 2.35. The molecule has 0 unspecified atom stereocenters. The Morgan fingerprint density at radius 3 is 2.52 bits per heavy atom. The molecule has 0 spiro atoms. The van der Waals surface area contributed by atoms with Crippen LogP contribution in [-0.2, 0) is 16.2 Å². The third-order valence-electron chi connectivity index (χ3n) is 5.15. The van der Waals surface area contributed by atoms with Crippen LogP contribution in [0.25, 0.3) is 11.0 Å². The van der Waals surface area contributed by atoms with Gasteiger partial charge in [0.1, 0.15) is 11.0 Å². The van der Waals surface area contributed by atoms with Crippen LogP contribution in [0, 0.1) is 11.8 Å². The van der Waals surface area contributed by atoms with Crippen LogP contribution in [0.5, 0.6) is 0 Å². The van der Waals surface area contributed by atoms with Crippen molar-refractivity contribution in [3.63, 3.8) is 0 Å². The number of halogens is 3. The van der Waals surface area contributed by atoms with E-state index in [1.54, 1.807) is 0 Å². The van der Waals surface area contributed by atoms with Crippen molar-refractivity contribution < 1.29 is 21.6 Å². The van der Waals surface area contributed by atoms with E-state index in [0.717, 1.165) is 31.7 Å². The van der Waals surface area contributed by atoms with Crippen molar-refractivity contribution in [2.75, 3.05) is 30.8 Å². The Labute approximate surface area is 168 Å². The lowest BCUT2D eigenvalue weighted by atomic mass is 9.87. The summed E-state index contributed by atoms with van der Waals surface area (Å²) in [5, 5.41) is 0. The molecule has 1 saturated heterocycles. The van der Waals surface area contributed by atoms with E-state index in [0.29, 0.717) is 37.0 Å². The van der Waals surface area contributed by atoms with E-state index in [2.05, 4.69) is 26.5 Å². The second kappa shape index (κ2) is 8.43. The maximum atomic E-state index is 13.3. The smallest absolute Gasteiger partial charge is 0.369 e. The highest BCUT2D eigenvalue weighted by molar-refractivity contribution is 7.88. The van der Waals surface area contributed by atoms with E-state index in [1.165, 1.54) is 18.5 Å². The average molecular weight is 430 g/mol. The number of nitrogens with one attached hydrogen (secondary N) is 1. The first kappa shape index (κ1) is 21.8. The molecule has 0 amide bonds. The zero-order chi connectivity index (χ0) is 21.2. The number of aromatic nitrogens is 2. The summed E-state index contributed by atoms with van der Waals surface area (Å²) in [5.41, 5.74) is 0.00302. The fraction of sp³-hybridized carbons (Fsp3) is 0.579. The molecule has 3 rings (SSSR count). The molecule has 2 aromatic rings. The third-order valence-corrected chi connectivity index (χ3v) is 5.88. The number of nitrogens with zero attached hydrogens (tertiary/aromatic N) is 3. The Morgan fingerprint density at radius 1 is 1.17 bits per heavy atom. The number of sulfonamides is 1. The summed E-state index contributed by atoms with van der Waals surface area (Å²) in [6.07, 6.45) is 1.88. The van der Waals surface area contributed by atoms with Gasteiger partial charge in [0, 0.05) is 32.0 Å². The molecule has 2 atom stereocenters. The molecule has 1 aliphatic heterocycles. The lowest BCUT2D eigenvalue weighted by molar-refractivity contribution is -0.136. The molecule has 29 heavy (non-hydrogen) atoms. The van der Waals surface area contributed by atoms with Gasteiger partial charge in [-0.15, -0.1) is 0 Å². The Kier molecular flexibility index (Phi) is 6.33. The maximum Gasteiger partial charge on any atom is 0.418 e. The number of hydrogen-bond donors (Lipinski definition) is 1. The second-order valence-corrected chi connectivity index (χ2v) is 9.64. The fourth-order valence-corrected chi connectivity index (χ4v) is 4.58. The van der Waals surface area contributed by atoms with Gasteiger partial charge in [-0.25, -0.2) is 13.1 Å². The van der Waals surface area contributed by atoms with Gasteiger partial charge in [0.05, 0.1) is 17.5 Å². The van der Waals surface area contributed by atoms with Gasteiger partial charge in [-0.3, -0.25) is 9.97 Å². The quantitative estimate of drug-likeness (QED) is 0.711. The predicted molar refractivity (Wildman–Crippen MR) is 106 cm³/mol. The summed E-state index contributed by atoms with van der Waals surface area (Å²) < 4.78 is 64.9. The summed E-state index contributed by atoms with van der Waals surface area (Å²) in [7, 11) is -3.20. The molecule has 0 aliphatic carbocycles. The van der Waals surface area contributed by atoms with Gasteiger partial charge in [-0.05, 0) is 43.2 Å². The van der Waals surface area contributed by atoms with Crippen LogP contribution in [0.1, 0.15) is 31.7 Å². The number of rotatable bonds is 6. The van der Waals surface area contributed by atoms with Gasteiger partial charge < -0.3 is 4.90 Å². The molecule has 1 aromatic heterocycles. The zero-order valence-corrected chi connectivity index (χ0v) is 17.2. The number of piperidine rings is 1. The van der Waals surface area contributed by atoms with Crippen molar-refractivity contribution in [3.8, 4) is 0 Å². The first-order valence-corrected chi connectivity index (χ1v) is 11.4. The monoisotopic (exact) mass is 430 g/mol. The molecule has 1 aliphatic rings. The van der Waals surface area contributed by atoms with Crippen LogP contribution >= 0.6 is 0 Å². The molecule has 1 fully saturated rings. The number of anilines is 1. The molecular weight excluding hydrogens is 405 g/mol. The van der Waals surface area contributed by atoms with Crippen LogP contribution in [0.3, 0.4) is 0 Å². The molecule has 0 radical (unpaired) electrons. The van der Waals surface area contributed by atoms with Crippen LogP contribution in [-0.4, -0.2) is 44.3 Å². The van der Waals surface area contributed by atoms with Crippen molar-refractivity contribution in [1.29, 1.82) is 0 Å². The van der Waals surface area contributed by atoms with Crippen molar-refractivity contribution >= 4 is 26.7 Å². The minimum atomic E-state index is -4.49. The van der Waals surface area contributed by atoms with Crippen LogP contribution in [0.15, 0.2) is 24.5 Å². The van der Waals surface area contributed by atoms with Gasteiger partial charge >= 0.3 is 6.18 Å². The highest BCUT2D eigenvalue weighted by atomic mass is 32.2. The summed E-state index contributed by atoms with van der Waals surface area (Å²) in [6, 6.07) is 2.57. The van der Waals surface area contributed by atoms with E-state index in [9.17, 15) is 21.6 Å². The van der Waals surface area contributed by atoms with Crippen molar-refractivity contribution in [2.24, 2.45) is 11.8 Å². The minimum Gasteiger partial charge on any atom is -0.369 e. The van der Waals surface area contributed by atoms with Gasteiger partial charge in [0.2, 0.25) is 10.0 Å². The van der Waals surface area contributed by atoms with Gasteiger partial charge in [0.15, 0.2) is 0 Å². The Bertz CT molecular complexity index is 966. The average Bonchev–Trinajstić information content (AvgIpc) is 2.62. The molecule has 2 heterocycles. The van der Waals surface area contributed by atoms with Crippen LogP contribution in [0.2, 0.25) is 0 Å². The third kappa shape index (κ3) is 5.57. The first-order valence-electron chi connectivity index (χ1n) is 9.55. The maximum absolute atomic E-state index is 13.3. The minimum absolute atomic E-state index is 0.135. The lowest BCUT2D eigenvalue weighted by Gasteiger charge is -2.38. The molecule has 6 nitrogen and oxygen atoms in total. The Hall–Kier alpha value is -1.94. The van der Waals surface area contributed by atoms with Crippen molar-refractivity contribution in [3.05, 3.63) is 30.1 Å². The van der Waals surface area contributed by atoms with E-state index in [4.69, 9.17) is 0 Å². The van der Waals surface area contributed by atoms with Crippen LogP contribution < -0.4 is 9.62 Å². The summed E-state index contributed by atoms with van der Waals surface area (Å²) in [4.78, 5) is 10.2. The van der Waals surface area contributed by atoms with Gasteiger partial charge in [-0.1, -0.05) is 6.92 Å². The highest BCUT2D eigenvalue weighted by Crippen LogP contribution is 2.38. The van der Waals surface area contributed by atoms with Gasteiger partial charge in [-0.2, -0.15) is 13.2 Å². The SMILES string of the molecule is C[C@H]1C[C@@H](CCCNS(C)(=O)=O)CN(c2ccc(C(F)(F)F)c3nccnc23)C1. The molecular formula is C19H25F3N4O2S. The molecule has 0 saturated carbocycles. The van der Waals surface area contributed by atoms with E-state index >= 15 is 0 Å². The van der Waals surface area contributed by atoms with Crippen LogP contribution in [0.4, 0.5) is 18.9 Å². The first-order chi connectivity index (χ1) is 13.5. The van der Waals surface area contributed by atoms with E-state index in [1.807, 2.05) is 0 Å². The van der Waals surface area contributed by atoms with Gasteiger partial charge in [0.25, 0.3) is 0 Å². The molecule has 1 aromatic carbocycles. The summed E-state index contributed by atoms with van der Waals surface area (Å²) >= 11 is 0. The number of fused-ring (bicyclic) bond motifs is 1. The lowest BCUT2D eigenvalue weighted by Crippen LogP contribution is -2.40. The normalized spacial score (nSPS) is 20.9. The molecule has 0 bridgehead atoms. The second-order valence-electron chi connectivity index (χ2n) is 7.80.